The number of nitrogens with one attached hydrogen (secondary N) is 1. The Bertz CT molecular complexity index is 1560. The lowest BCUT2D eigenvalue weighted by Crippen LogP contribution is -2.22. The van der Waals surface area contributed by atoms with Crippen molar-refractivity contribution in [3.63, 3.8) is 0 Å². The fraction of sp³-hybridized carbons (Fsp3) is 0.143. The second-order valence-electron chi connectivity index (χ2n) is 8.36. The molecule has 5 aromatic rings. The van der Waals surface area contributed by atoms with E-state index in [0.717, 1.165) is 12.0 Å². The molecule has 0 bridgehead atoms. The first kappa shape index (κ1) is 22.3. The number of carbonyl (C=O) groups is 1. The van der Waals surface area contributed by atoms with Crippen LogP contribution in [0.2, 0.25) is 0 Å². The molecule has 0 saturated carbocycles. The molecule has 1 amide bonds. The van der Waals surface area contributed by atoms with Gasteiger partial charge in [-0.1, -0.05) is 43.3 Å². The number of aryl methyl sites for hydroxylation is 2. The summed E-state index contributed by atoms with van der Waals surface area (Å²) < 4.78 is 3.32. The number of amides is 1. The van der Waals surface area contributed by atoms with Crippen LogP contribution in [-0.2, 0) is 13.0 Å². The molecule has 0 atom stereocenters. The molecule has 35 heavy (non-hydrogen) atoms. The normalized spacial score (nSPS) is 11.0. The number of hydrogen-bond acceptors (Lipinski definition) is 4. The van der Waals surface area contributed by atoms with Gasteiger partial charge in [-0.05, 0) is 60.9 Å². The van der Waals surface area contributed by atoms with Gasteiger partial charge in [0.2, 0.25) is 0 Å². The summed E-state index contributed by atoms with van der Waals surface area (Å²) in [5.41, 5.74) is 4.05. The molecule has 0 aliphatic heterocycles. The molecule has 2 heterocycles. The molecule has 7 heteroatoms. The van der Waals surface area contributed by atoms with Crippen molar-refractivity contribution in [2.24, 2.45) is 0 Å². The third-order valence-corrected chi connectivity index (χ3v) is 6.05. The van der Waals surface area contributed by atoms with Crippen molar-refractivity contribution in [1.29, 1.82) is 0 Å². The van der Waals surface area contributed by atoms with Gasteiger partial charge >= 0.3 is 0 Å². The van der Waals surface area contributed by atoms with Gasteiger partial charge in [-0.25, -0.2) is 9.67 Å². The molecular formula is C28H25N5O2. The zero-order chi connectivity index (χ0) is 24.4. The minimum absolute atomic E-state index is 0.138. The molecule has 2 aromatic heterocycles. The van der Waals surface area contributed by atoms with Crippen molar-refractivity contribution in [3.8, 4) is 5.69 Å². The summed E-state index contributed by atoms with van der Waals surface area (Å²) in [5, 5.41) is 7.85. The number of rotatable bonds is 6. The van der Waals surface area contributed by atoms with Gasteiger partial charge in [0.05, 0.1) is 29.3 Å². The topological polar surface area (TPSA) is 81.8 Å². The first-order valence-corrected chi connectivity index (χ1v) is 11.5. The maximum Gasteiger partial charge on any atom is 0.265 e. The second-order valence-corrected chi connectivity index (χ2v) is 8.36. The zero-order valence-corrected chi connectivity index (χ0v) is 19.6. The summed E-state index contributed by atoms with van der Waals surface area (Å²) in [7, 11) is 0. The number of aromatic nitrogens is 4. The highest BCUT2D eigenvalue weighted by atomic mass is 16.1. The Morgan fingerprint density at radius 2 is 1.63 bits per heavy atom. The van der Waals surface area contributed by atoms with Gasteiger partial charge in [0, 0.05) is 11.6 Å². The highest BCUT2D eigenvalue weighted by molar-refractivity contribution is 6.03. The highest BCUT2D eigenvalue weighted by Crippen LogP contribution is 2.16. The predicted molar refractivity (Wildman–Crippen MR) is 137 cm³/mol. The Balaban J connectivity index is 1.35. The molecule has 0 unspecified atom stereocenters. The number of hydrogen-bond donors (Lipinski definition) is 1. The SMILES string of the molecule is CCc1ccc(Cn2nccc2NC(=O)c2ccc(-n3c(C)nc4ccccc4c3=O)cc2)cc1. The van der Waals surface area contributed by atoms with E-state index in [0.29, 0.717) is 40.3 Å². The fourth-order valence-corrected chi connectivity index (χ4v) is 4.12. The van der Waals surface area contributed by atoms with E-state index >= 15 is 0 Å². The van der Waals surface area contributed by atoms with Crippen LogP contribution in [-0.4, -0.2) is 25.2 Å². The van der Waals surface area contributed by atoms with Crippen LogP contribution in [0.1, 0.15) is 34.2 Å². The molecule has 174 valence electrons. The minimum atomic E-state index is -0.250. The summed E-state index contributed by atoms with van der Waals surface area (Å²) in [6, 6.07) is 24.3. The Morgan fingerprint density at radius 3 is 2.37 bits per heavy atom. The molecule has 5 rings (SSSR count). The zero-order valence-electron chi connectivity index (χ0n) is 19.6. The third kappa shape index (κ3) is 4.48. The van der Waals surface area contributed by atoms with Crippen LogP contribution in [0, 0.1) is 6.92 Å². The van der Waals surface area contributed by atoms with Crippen LogP contribution in [0.5, 0.6) is 0 Å². The first-order valence-electron chi connectivity index (χ1n) is 11.5. The predicted octanol–water partition coefficient (Wildman–Crippen LogP) is 4.75. The summed E-state index contributed by atoms with van der Waals surface area (Å²) >= 11 is 0. The van der Waals surface area contributed by atoms with Gasteiger partial charge in [-0.15, -0.1) is 0 Å². The summed E-state index contributed by atoms with van der Waals surface area (Å²) in [4.78, 5) is 30.5. The van der Waals surface area contributed by atoms with Crippen molar-refractivity contribution >= 4 is 22.6 Å². The van der Waals surface area contributed by atoms with Gasteiger partial charge < -0.3 is 5.32 Å². The van der Waals surface area contributed by atoms with Gasteiger partial charge in [0.15, 0.2) is 0 Å². The maximum absolute atomic E-state index is 13.0. The van der Waals surface area contributed by atoms with Crippen molar-refractivity contribution in [3.05, 3.63) is 118 Å². The quantitative estimate of drug-likeness (QED) is 0.394. The maximum atomic E-state index is 13.0. The van der Waals surface area contributed by atoms with E-state index in [1.165, 1.54) is 5.56 Å². The Morgan fingerprint density at radius 1 is 0.914 bits per heavy atom. The molecule has 1 N–H and O–H groups in total. The van der Waals surface area contributed by atoms with E-state index in [1.807, 2.05) is 18.2 Å². The molecule has 7 nitrogen and oxygen atoms in total. The smallest absolute Gasteiger partial charge is 0.265 e. The van der Waals surface area contributed by atoms with Crippen molar-refractivity contribution in [2.75, 3.05) is 5.32 Å². The third-order valence-electron chi connectivity index (χ3n) is 6.05. The number of para-hydroxylation sites is 1. The monoisotopic (exact) mass is 463 g/mol. The van der Waals surface area contributed by atoms with E-state index in [2.05, 4.69) is 46.6 Å². The van der Waals surface area contributed by atoms with E-state index in [1.54, 1.807) is 58.8 Å². The molecule has 0 aliphatic carbocycles. The van der Waals surface area contributed by atoms with Crippen molar-refractivity contribution < 1.29 is 4.79 Å². The molecule has 0 aliphatic rings. The summed E-state index contributed by atoms with van der Waals surface area (Å²) in [6.07, 6.45) is 2.66. The second kappa shape index (κ2) is 9.38. The average Bonchev–Trinajstić information content (AvgIpc) is 3.31. The van der Waals surface area contributed by atoms with Gasteiger partial charge in [-0.2, -0.15) is 5.10 Å². The lowest BCUT2D eigenvalue weighted by Gasteiger charge is -2.12. The summed E-state index contributed by atoms with van der Waals surface area (Å²) in [6.45, 7) is 4.48. The van der Waals surface area contributed by atoms with Crippen LogP contribution < -0.4 is 10.9 Å². The van der Waals surface area contributed by atoms with E-state index in [4.69, 9.17) is 0 Å². The number of carbonyl (C=O) groups excluding carboxylic acids is 1. The molecule has 0 radical (unpaired) electrons. The molecular weight excluding hydrogens is 438 g/mol. The minimum Gasteiger partial charge on any atom is -0.307 e. The standard InChI is InChI=1S/C28H25N5O2/c1-3-20-8-10-21(11-9-20)18-32-26(16-17-29-32)31-27(34)22-12-14-23(15-13-22)33-19(2)30-25-7-5-4-6-24(25)28(33)35/h4-17H,3,18H2,1-2H3,(H,31,34). The van der Waals surface area contributed by atoms with Crippen LogP contribution in [0.3, 0.4) is 0 Å². The van der Waals surface area contributed by atoms with Gasteiger partial charge in [0.1, 0.15) is 11.6 Å². The van der Waals surface area contributed by atoms with E-state index in [-0.39, 0.29) is 11.5 Å². The Hall–Kier alpha value is -4.52. The van der Waals surface area contributed by atoms with Crippen molar-refractivity contribution in [1.82, 2.24) is 19.3 Å². The van der Waals surface area contributed by atoms with Crippen LogP contribution in [0.15, 0.2) is 89.9 Å². The lowest BCUT2D eigenvalue weighted by atomic mass is 10.1. The van der Waals surface area contributed by atoms with Gasteiger partial charge in [-0.3, -0.25) is 14.2 Å². The fourth-order valence-electron chi connectivity index (χ4n) is 4.12. The molecule has 0 fully saturated rings. The highest BCUT2D eigenvalue weighted by Gasteiger charge is 2.13. The van der Waals surface area contributed by atoms with E-state index < -0.39 is 0 Å². The lowest BCUT2D eigenvalue weighted by molar-refractivity contribution is 0.102. The molecule has 3 aromatic carbocycles. The number of anilines is 1. The molecule has 0 saturated heterocycles. The number of fused-ring (bicyclic) bond motifs is 1. The average molecular weight is 464 g/mol. The molecule has 0 spiro atoms. The van der Waals surface area contributed by atoms with E-state index in [9.17, 15) is 9.59 Å². The Labute approximate surface area is 202 Å². The number of benzene rings is 3. The van der Waals surface area contributed by atoms with Crippen molar-refractivity contribution in [2.45, 2.75) is 26.8 Å². The van der Waals surface area contributed by atoms with Crippen LogP contribution in [0.4, 0.5) is 5.82 Å². The largest absolute Gasteiger partial charge is 0.307 e. The first-order chi connectivity index (χ1) is 17.0. The van der Waals surface area contributed by atoms with Crippen LogP contribution >= 0.6 is 0 Å². The number of nitrogens with zero attached hydrogens (tertiary/aromatic N) is 4. The van der Waals surface area contributed by atoms with Crippen LogP contribution in [0.25, 0.3) is 16.6 Å². The Kier molecular flexibility index (Phi) is 5.97. The van der Waals surface area contributed by atoms with Gasteiger partial charge in [0.25, 0.3) is 11.5 Å². The summed E-state index contributed by atoms with van der Waals surface area (Å²) in [5.74, 6) is 0.951.